The lowest BCUT2D eigenvalue weighted by Gasteiger charge is -2.21. The van der Waals surface area contributed by atoms with E-state index < -0.39 is 0 Å². The summed E-state index contributed by atoms with van der Waals surface area (Å²) < 4.78 is 0. The molecule has 3 rings (SSSR count). The summed E-state index contributed by atoms with van der Waals surface area (Å²) in [7, 11) is 0. The van der Waals surface area contributed by atoms with Crippen molar-refractivity contribution in [1.82, 2.24) is 15.5 Å². The van der Waals surface area contributed by atoms with E-state index in [4.69, 9.17) is 5.73 Å². The van der Waals surface area contributed by atoms with E-state index >= 15 is 0 Å². The molecular formula is C12H12N4O2. The average molecular weight is 244 g/mol. The number of nitrogens with two attached hydrogens (primary N) is 1. The van der Waals surface area contributed by atoms with Gasteiger partial charge >= 0.3 is 0 Å². The Morgan fingerprint density at radius 3 is 2.94 bits per heavy atom. The first-order valence-electron chi connectivity index (χ1n) is 5.72. The molecule has 1 saturated heterocycles. The van der Waals surface area contributed by atoms with E-state index in [2.05, 4.69) is 15.5 Å². The van der Waals surface area contributed by atoms with Gasteiger partial charge in [-0.05, 0) is 18.1 Å². The summed E-state index contributed by atoms with van der Waals surface area (Å²) in [6.45, 7) is 0. The SMILES string of the molecule is Nc1ccc(C2CCC(=O)NC2=O)c2[nH]ncc12. The number of aromatic amines is 1. The Balaban J connectivity index is 2.09. The minimum Gasteiger partial charge on any atom is -0.398 e. The molecule has 2 amide bonds. The molecule has 1 aromatic heterocycles. The van der Waals surface area contributed by atoms with Crippen LogP contribution in [-0.4, -0.2) is 22.0 Å². The first kappa shape index (κ1) is 10.8. The summed E-state index contributed by atoms with van der Waals surface area (Å²) in [5.41, 5.74) is 8.06. The van der Waals surface area contributed by atoms with E-state index in [1.165, 1.54) is 0 Å². The monoisotopic (exact) mass is 244 g/mol. The highest BCUT2D eigenvalue weighted by atomic mass is 16.2. The molecule has 0 bridgehead atoms. The van der Waals surface area contributed by atoms with Crippen LogP contribution >= 0.6 is 0 Å². The summed E-state index contributed by atoms with van der Waals surface area (Å²) >= 11 is 0. The van der Waals surface area contributed by atoms with Gasteiger partial charge in [-0.2, -0.15) is 5.10 Å². The van der Waals surface area contributed by atoms with E-state index in [-0.39, 0.29) is 17.7 Å². The topological polar surface area (TPSA) is 101 Å². The normalized spacial score (nSPS) is 20.1. The summed E-state index contributed by atoms with van der Waals surface area (Å²) in [5.74, 6) is -0.800. The number of hydrogen-bond donors (Lipinski definition) is 3. The van der Waals surface area contributed by atoms with Crippen molar-refractivity contribution in [3.8, 4) is 0 Å². The molecule has 1 aliphatic rings. The second-order valence-electron chi connectivity index (χ2n) is 4.41. The number of carbonyl (C=O) groups excluding carboxylic acids is 2. The highest BCUT2D eigenvalue weighted by Gasteiger charge is 2.29. The van der Waals surface area contributed by atoms with E-state index in [0.717, 1.165) is 16.5 Å². The third-order valence-corrected chi connectivity index (χ3v) is 3.30. The third kappa shape index (κ3) is 1.54. The number of amides is 2. The number of H-pyrrole nitrogens is 1. The minimum absolute atomic E-state index is 0.215. The third-order valence-electron chi connectivity index (χ3n) is 3.30. The Morgan fingerprint density at radius 2 is 2.17 bits per heavy atom. The van der Waals surface area contributed by atoms with Crippen LogP contribution in [0.15, 0.2) is 18.3 Å². The van der Waals surface area contributed by atoms with Crippen LogP contribution in [0, 0.1) is 0 Å². The Morgan fingerprint density at radius 1 is 1.33 bits per heavy atom. The van der Waals surface area contributed by atoms with Gasteiger partial charge in [-0.25, -0.2) is 0 Å². The number of nitrogen functional groups attached to an aromatic ring is 1. The zero-order valence-electron chi connectivity index (χ0n) is 9.56. The number of rotatable bonds is 1. The van der Waals surface area contributed by atoms with Gasteiger partial charge < -0.3 is 5.73 Å². The maximum absolute atomic E-state index is 11.9. The lowest BCUT2D eigenvalue weighted by atomic mass is 9.89. The fourth-order valence-electron chi connectivity index (χ4n) is 2.36. The van der Waals surface area contributed by atoms with Crippen LogP contribution in [0.1, 0.15) is 24.3 Å². The average Bonchev–Trinajstić information content (AvgIpc) is 2.81. The minimum atomic E-state index is -0.328. The molecule has 0 saturated carbocycles. The number of carbonyl (C=O) groups is 2. The van der Waals surface area contributed by atoms with Crippen LogP contribution in [-0.2, 0) is 9.59 Å². The second-order valence-corrected chi connectivity index (χ2v) is 4.41. The van der Waals surface area contributed by atoms with Gasteiger partial charge in [-0.1, -0.05) is 6.07 Å². The largest absolute Gasteiger partial charge is 0.398 e. The highest BCUT2D eigenvalue weighted by molar-refractivity contribution is 6.03. The van der Waals surface area contributed by atoms with Gasteiger partial charge in [0.05, 0.1) is 17.6 Å². The molecule has 1 unspecified atom stereocenters. The van der Waals surface area contributed by atoms with Gasteiger partial charge in [0.15, 0.2) is 0 Å². The summed E-state index contributed by atoms with van der Waals surface area (Å²) in [5, 5.41) is 9.98. The fraction of sp³-hybridized carbons (Fsp3) is 0.250. The number of nitrogens with zero attached hydrogens (tertiary/aromatic N) is 1. The fourth-order valence-corrected chi connectivity index (χ4v) is 2.36. The number of anilines is 1. The van der Waals surface area contributed by atoms with Crippen LogP contribution in [0.25, 0.3) is 10.9 Å². The summed E-state index contributed by atoms with van der Waals surface area (Å²) in [6.07, 6.45) is 2.51. The zero-order valence-corrected chi connectivity index (χ0v) is 9.56. The molecule has 4 N–H and O–H groups in total. The lowest BCUT2D eigenvalue weighted by molar-refractivity contribution is -0.134. The Kier molecular flexibility index (Phi) is 2.29. The number of piperidine rings is 1. The van der Waals surface area contributed by atoms with Gasteiger partial charge in [0.1, 0.15) is 0 Å². The Hall–Kier alpha value is -2.37. The first-order chi connectivity index (χ1) is 8.66. The molecule has 2 aromatic rings. The summed E-state index contributed by atoms with van der Waals surface area (Å²) in [6, 6.07) is 3.58. The molecule has 2 heterocycles. The quantitative estimate of drug-likeness (QED) is 0.506. The van der Waals surface area contributed by atoms with Gasteiger partial charge in [0.25, 0.3) is 0 Å². The van der Waals surface area contributed by atoms with E-state index in [1.54, 1.807) is 12.3 Å². The molecule has 1 atom stereocenters. The standard InChI is InChI=1S/C12H12N4O2/c13-9-3-1-6(11-8(9)5-14-16-11)7-2-4-10(17)15-12(7)18/h1,3,5,7H,2,4,13H2,(H,14,16)(H,15,17,18). The molecular weight excluding hydrogens is 232 g/mol. The highest BCUT2D eigenvalue weighted by Crippen LogP contribution is 2.32. The van der Waals surface area contributed by atoms with Crippen LogP contribution < -0.4 is 11.1 Å². The van der Waals surface area contributed by atoms with Gasteiger partial charge in [-0.3, -0.25) is 20.0 Å². The molecule has 6 nitrogen and oxygen atoms in total. The molecule has 1 fully saturated rings. The van der Waals surface area contributed by atoms with Crippen LogP contribution in [0.2, 0.25) is 0 Å². The van der Waals surface area contributed by atoms with Crippen molar-refractivity contribution in [2.24, 2.45) is 0 Å². The molecule has 1 aliphatic heterocycles. The van der Waals surface area contributed by atoms with Gasteiger partial charge in [-0.15, -0.1) is 0 Å². The predicted molar refractivity (Wildman–Crippen MR) is 65.6 cm³/mol. The number of imide groups is 1. The van der Waals surface area contributed by atoms with Crippen molar-refractivity contribution in [3.05, 3.63) is 23.9 Å². The number of aromatic nitrogens is 2. The van der Waals surface area contributed by atoms with E-state index in [0.29, 0.717) is 18.5 Å². The number of benzene rings is 1. The molecule has 1 aromatic carbocycles. The smallest absolute Gasteiger partial charge is 0.234 e. The van der Waals surface area contributed by atoms with Crippen LogP contribution in [0.5, 0.6) is 0 Å². The zero-order chi connectivity index (χ0) is 12.7. The second kappa shape index (κ2) is 3.83. The maximum Gasteiger partial charge on any atom is 0.234 e. The Bertz CT molecular complexity index is 647. The van der Waals surface area contributed by atoms with Crippen molar-refractivity contribution in [2.45, 2.75) is 18.8 Å². The van der Waals surface area contributed by atoms with Gasteiger partial charge in [0, 0.05) is 17.5 Å². The van der Waals surface area contributed by atoms with Crippen molar-refractivity contribution in [1.29, 1.82) is 0 Å². The lowest BCUT2D eigenvalue weighted by Crippen LogP contribution is -2.39. The molecule has 0 aliphatic carbocycles. The first-order valence-corrected chi connectivity index (χ1v) is 5.72. The van der Waals surface area contributed by atoms with Crippen molar-refractivity contribution >= 4 is 28.4 Å². The summed E-state index contributed by atoms with van der Waals surface area (Å²) in [4.78, 5) is 23.0. The molecule has 92 valence electrons. The molecule has 6 heteroatoms. The van der Waals surface area contributed by atoms with Crippen molar-refractivity contribution in [2.75, 3.05) is 5.73 Å². The molecule has 0 radical (unpaired) electrons. The van der Waals surface area contributed by atoms with Crippen LogP contribution in [0.3, 0.4) is 0 Å². The molecule has 18 heavy (non-hydrogen) atoms. The number of nitrogens with one attached hydrogen (secondary N) is 2. The predicted octanol–water partition coefficient (Wildman–Crippen LogP) is 0.665. The van der Waals surface area contributed by atoms with Gasteiger partial charge in [0.2, 0.25) is 11.8 Å². The van der Waals surface area contributed by atoms with Crippen LogP contribution in [0.4, 0.5) is 5.69 Å². The molecule has 0 spiro atoms. The van der Waals surface area contributed by atoms with E-state index in [1.807, 2.05) is 6.07 Å². The van der Waals surface area contributed by atoms with Crippen molar-refractivity contribution in [3.63, 3.8) is 0 Å². The number of hydrogen-bond acceptors (Lipinski definition) is 4. The Labute approximate surface area is 103 Å². The van der Waals surface area contributed by atoms with Crippen molar-refractivity contribution < 1.29 is 9.59 Å². The number of fused-ring (bicyclic) bond motifs is 1. The maximum atomic E-state index is 11.9. The van der Waals surface area contributed by atoms with E-state index in [9.17, 15) is 9.59 Å².